The summed E-state index contributed by atoms with van der Waals surface area (Å²) in [5.41, 5.74) is 3.26. The van der Waals surface area contributed by atoms with Gasteiger partial charge >= 0.3 is 0 Å². The molecule has 2 aliphatic rings. The first-order valence-electron chi connectivity index (χ1n) is 14.6. The molecule has 2 N–H and O–H groups in total. The second-order valence-corrected chi connectivity index (χ2v) is 11.5. The molecule has 0 bridgehead atoms. The summed E-state index contributed by atoms with van der Waals surface area (Å²) in [5, 5.41) is 19.3. The largest absolute Gasteiger partial charge is 0.497 e. The van der Waals surface area contributed by atoms with Crippen LogP contribution >= 0.6 is 0 Å². The van der Waals surface area contributed by atoms with Crippen molar-refractivity contribution >= 4 is 28.9 Å². The number of rotatable bonds is 7. The van der Waals surface area contributed by atoms with E-state index < -0.39 is 5.60 Å². The van der Waals surface area contributed by atoms with Crippen LogP contribution in [0.25, 0.3) is 5.65 Å². The number of carbonyl (C=O) groups is 1. The van der Waals surface area contributed by atoms with Gasteiger partial charge in [-0.15, -0.1) is 5.10 Å². The summed E-state index contributed by atoms with van der Waals surface area (Å²) in [6, 6.07) is 19.5. The average molecular weight is 570 g/mol. The smallest absolute Gasteiger partial charge is 0.253 e. The Balaban J connectivity index is 1.11. The van der Waals surface area contributed by atoms with E-state index in [4.69, 9.17) is 9.72 Å². The molecule has 42 heavy (non-hydrogen) atoms. The molecule has 2 fully saturated rings. The van der Waals surface area contributed by atoms with Gasteiger partial charge in [0.25, 0.3) is 5.91 Å². The number of aromatic nitrogens is 3. The van der Waals surface area contributed by atoms with Gasteiger partial charge in [-0.3, -0.25) is 4.79 Å². The Hall–Kier alpha value is -4.15. The van der Waals surface area contributed by atoms with Crippen LogP contribution in [-0.2, 0) is 5.60 Å². The lowest BCUT2D eigenvalue weighted by molar-refractivity contribution is 0.0117. The van der Waals surface area contributed by atoms with Gasteiger partial charge in [-0.25, -0.2) is 4.52 Å². The fourth-order valence-electron chi connectivity index (χ4n) is 6.08. The zero-order chi connectivity index (χ0) is 29.3. The Morgan fingerprint density at radius 3 is 2.38 bits per heavy atom. The molecule has 0 atom stereocenters. The molecule has 2 aromatic carbocycles. The predicted molar refractivity (Wildman–Crippen MR) is 164 cm³/mol. The summed E-state index contributed by atoms with van der Waals surface area (Å²) in [7, 11) is 5.68. The van der Waals surface area contributed by atoms with E-state index in [9.17, 15) is 9.90 Å². The summed E-state index contributed by atoms with van der Waals surface area (Å²) in [4.78, 5) is 24.3. The molecular weight excluding hydrogens is 530 g/mol. The fourth-order valence-corrected chi connectivity index (χ4v) is 6.08. The highest BCUT2D eigenvalue weighted by Crippen LogP contribution is 2.36. The number of pyridine rings is 1. The first kappa shape index (κ1) is 28.0. The van der Waals surface area contributed by atoms with E-state index in [0.717, 1.165) is 54.3 Å². The van der Waals surface area contributed by atoms with E-state index in [2.05, 4.69) is 27.3 Å². The maximum absolute atomic E-state index is 13.1. The van der Waals surface area contributed by atoms with Crippen LogP contribution in [0.15, 0.2) is 66.9 Å². The standard InChI is InChI=1S/C32H39N7O3/c1-36-19-14-26(15-20-36)37(2)30(40)23-6-10-25(11-7-23)33-31-34-29-28(5-4-18-39(29)35-31)38-21-16-32(41,17-22-38)24-8-12-27(42-3)13-9-24/h4-13,18,26,41H,14-17,19-22H2,1-3H3,(H,33,35). The first-order chi connectivity index (χ1) is 20.3. The molecule has 2 aromatic heterocycles. The Morgan fingerprint density at radius 1 is 1.02 bits per heavy atom. The van der Waals surface area contributed by atoms with Crippen LogP contribution in [-0.4, -0.2) is 88.8 Å². The van der Waals surface area contributed by atoms with Crippen LogP contribution < -0.4 is 15.0 Å². The molecule has 4 aromatic rings. The zero-order valence-corrected chi connectivity index (χ0v) is 24.5. The summed E-state index contributed by atoms with van der Waals surface area (Å²) in [6.07, 6.45) is 5.10. The topological polar surface area (TPSA) is 98.5 Å². The lowest BCUT2D eigenvalue weighted by Crippen LogP contribution is -2.44. The quantitative estimate of drug-likeness (QED) is 0.343. The molecule has 0 aliphatic carbocycles. The minimum absolute atomic E-state index is 0.0482. The Kier molecular flexibility index (Phi) is 7.74. The van der Waals surface area contributed by atoms with Gasteiger partial charge < -0.3 is 29.9 Å². The number of amides is 1. The van der Waals surface area contributed by atoms with Gasteiger partial charge in [0, 0.05) is 43.6 Å². The minimum Gasteiger partial charge on any atom is -0.497 e. The molecule has 0 spiro atoms. The maximum atomic E-state index is 13.1. The number of carbonyl (C=O) groups excluding carboxylic acids is 1. The van der Waals surface area contributed by atoms with Crippen molar-refractivity contribution in [1.82, 2.24) is 24.4 Å². The summed E-state index contributed by atoms with van der Waals surface area (Å²) < 4.78 is 7.04. The second-order valence-electron chi connectivity index (χ2n) is 11.5. The number of nitrogens with one attached hydrogen (secondary N) is 1. The molecule has 0 saturated carbocycles. The molecule has 10 nitrogen and oxygen atoms in total. The number of nitrogens with zero attached hydrogens (tertiary/aromatic N) is 6. The zero-order valence-electron chi connectivity index (χ0n) is 24.5. The third-order valence-corrected chi connectivity index (χ3v) is 8.84. The number of piperidine rings is 2. The molecule has 10 heteroatoms. The number of ether oxygens (including phenoxy) is 1. The number of anilines is 3. The summed E-state index contributed by atoms with van der Waals surface area (Å²) >= 11 is 0. The predicted octanol–water partition coefficient (Wildman–Crippen LogP) is 4.14. The van der Waals surface area contributed by atoms with E-state index in [1.807, 2.05) is 78.8 Å². The van der Waals surface area contributed by atoms with Crippen molar-refractivity contribution in [2.45, 2.75) is 37.3 Å². The van der Waals surface area contributed by atoms with Crippen LogP contribution in [0.5, 0.6) is 5.75 Å². The monoisotopic (exact) mass is 569 g/mol. The normalized spacial score (nSPS) is 17.8. The van der Waals surface area contributed by atoms with Crippen molar-refractivity contribution in [3.8, 4) is 5.75 Å². The van der Waals surface area contributed by atoms with Crippen LogP contribution in [0, 0.1) is 0 Å². The maximum Gasteiger partial charge on any atom is 0.253 e. The van der Waals surface area contributed by atoms with Crippen molar-refractivity contribution < 1.29 is 14.6 Å². The van der Waals surface area contributed by atoms with E-state index in [1.165, 1.54) is 0 Å². The molecular formula is C32H39N7O3. The third-order valence-electron chi connectivity index (χ3n) is 8.84. The van der Waals surface area contributed by atoms with Crippen molar-refractivity contribution in [2.24, 2.45) is 0 Å². The molecule has 6 rings (SSSR count). The van der Waals surface area contributed by atoms with Gasteiger partial charge in [0.15, 0.2) is 5.65 Å². The molecule has 2 aliphatic heterocycles. The number of methoxy groups -OCH3 is 1. The third kappa shape index (κ3) is 5.64. The van der Waals surface area contributed by atoms with Gasteiger partial charge in [0.1, 0.15) is 5.75 Å². The fraction of sp³-hybridized carbons (Fsp3) is 0.406. The van der Waals surface area contributed by atoms with E-state index in [0.29, 0.717) is 37.4 Å². The summed E-state index contributed by atoms with van der Waals surface area (Å²) in [5.74, 6) is 1.31. The average Bonchev–Trinajstić information content (AvgIpc) is 3.44. The van der Waals surface area contributed by atoms with Gasteiger partial charge in [0.05, 0.1) is 18.4 Å². The highest BCUT2D eigenvalue weighted by atomic mass is 16.5. The molecule has 2 saturated heterocycles. The lowest BCUT2D eigenvalue weighted by Gasteiger charge is -2.39. The van der Waals surface area contributed by atoms with E-state index in [-0.39, 0.29) is 11.9 Å². The molecule has 0 unspecified atom stereocenters. The van der Waals surface area contributed by atoms with Crippen LogP contribution in [0.4, 0.5) is 17.3 Å². The number of likely N-dealkylation sites (tertiary alicyclic amines) is 1. The van der Waals surface area contributed by atoms with Crippen LogP contribution in [0.2, 0.25) is 0 Å². The Morgan fingerprint density at radius 2 is 1.71 bits per heavy atom. The second kappa shape index (κ2) is 11.6. The van der Waals surface area contributed by atoms with Crippen LogP contribution in [0.1, 0.15) is 41.6 Å². The van der Waals surface area contributed by atoms with E-state index >= 15 is 0 Å². The van der Waals surface area contributed by atoms with Crippen LogP contribution in [0.3, 0.4) is 0 Å². The molecule has 1 amide bonds. The SMILES string of the molecule is COc1ccc(C2(O)CCN(c3cccn4nc(Nc5ccc(C(=O)N(C)C6CCN(C)CC6)cc5)nc34)CC2)cc1. The Bertz CT molecular complexity index is 1520. The number of aliphatic hydroxyl groups is 1. The number of fused-ring (bicyclic) bond motifs is 1. The highest BCUT2D eigenvalue weighted by Gasteiger charge is 2.35. The number of hydrogen-bond acceptors (Lipinski definition) is 8. The highest BCUT2D eigenvalue weighted by molar-refractivity contribution is 5.94. The van der Waals surface area contributed by atoms with Gasteiger partial charge in [-0.05, 0) is 99.9 Å². The molecule has 4 heterocycles. The number of hydrogen-bond donors (Lipinski definition) is 2. The lowest BCUT2D eigenvalue weighted by atomic mass is 9.84. The number of benzene rings is 2. The Labute approximate surface area is 246 Å². The van der Waals surface area contributed by atoms with Crippen molar-refractivity contribution in [3.05, 3.63) is 78.0 Å². The van der Waals surface area contributed by atoms with Crippen molar-refractivity contribution in [3.63, 3.8) is 0 Å². The molecule has 220 valence electrons. The van der Waals surface area contributed by atoms with E-state index in [1.54, 1.807) is 11.6 Å². The van der Waals surface area contributed by atoms with Gasteiger partial charge in [0.2, 0.25) is 5.95 Å². The van der Waals surface area contributed by atoms with Gasteiger partial charge in [-0.1, -0.05) is 12.1 Å². The van der Waals surface area contributed by atoms with Crippen molar-refractivity contribution in [1.29, 1.82) is 0 Å². The van der Waals surface area contributed by atoms with Gasteiger partial charge in [-0.2, -0.15) is 4.98 Å². The van der Waals surface area contributed by atoms with Crippen molar-refractivity contribution in [2.75, 3.05) is 57.6 Å². The molecule has 0 radical (unpaired) electrons. The summed E-state index contributed by atoms with van der Waals surface area (Å²) in [6.45, 7) is 3.42. The minimum atomic E-state index is -0.871. The first-order valence-corrected chi connectivity index (χ1v) is 14.6.